The van der Waals surface area contributed by atoms with Crippen LogP contribution >= 0.6 is 11.3 Å². The van der Waals surface area contributed by atoms with Crippen molar-refractivity contribution in [1.82, 2.24) is 14.8 Å². The number of hydrogen-bond donors (Lipinski definition) is 1. The van der Waals surface area contributed by atoms with E-state index in [1.165, 1.54) is 0 Å². The summed E-state index contributed by atoms with van der Waals surface area (Å²) < 4.78 is 31.7. The molecule has 10 heteroatoms. The fourth-order valence-corrected chi connectivity index (χ4v) is 4.61. The van der Waals surface area contributed by atoms with Crippen molar-refractivity contribution in [2.75, 3.05) is 19.6 Å². The van der Waals surface area contributed by atoms with Gasteiger partial charge in [-0.05, 0) is 39.2 Å². The van der Waals surface area contributed by atoms with Crippen LogP contribution in [-0.2, 0) is 16.1 Å². The molecule has 29 heavy (non-hydrogen) atoms. The van der Waals surface area contributed by atoms with Crippen molar-refractivity contribution in [2.24, 2.45) is 0 Å². The Balaban J connectivity index is 0.000000370. The van der Waals surface area contributed by atoms with Gasteiger partial charge in [-0.2, -0.15) is 13.2 Å². The third kappa shape index (κ3) is 6.27. The number of aliphatic carboxylic acids is 1. The number of carboxylic acids is 1. The van der Waals surface area contributed by atoms with E-state index in [9.17, 15) is 18.0 Å². The number of hydrogen-bond acceptors (Lipinski definition) is 5. The lowest BCUT2D eigenvalue weighted by molar-refractivity contribution is -0.192. The molecule has 0 bridgehead atoms. The van der Waals surface area contributed by atoms with E-state index in [-0.39, 0.29) is 5.54 Å². The first-order valence-electron chi connectivity index (χ1n) is 9.42. The summed E-state index contributed by atoms with van der Waals surface area (Å²) in [6.45, 7) is 9.56. The van der Waals surface area contributed by atoms with Gasteiger partial charge in [0.2, 0.25) is 5.91 Å². The van der Waals surface area contributed by atoms with Crippen molar-refractivity contribution < 1.29 is 27.9 Å². The van der Waals surface area contributed by atoms with E-state index < -0.39 is 12.1 Å². The van der Waals surface area contributed by atoms with Crippen LogP contribution in [0, 0.1) is 6.92 Å². The van der Waals surface area contributed by atoms with Gasteiger partial charge in [0.15, 0.2) is 0 Å². The second-order valence-electron chi connectivity index (χ2n) is 7.35. The quantitative estimate of drug-likeness (QED) is 0.735. The number of carbonyl (C=O) groups is 2. The summed E-state index contributed by atoms with van der Waals surface area (Å²) in [5.41, 5.74) is 1.18. The zero-order valence-electron chi connectivity index (χ0n) is 16.4. The van der Waals surface area contributed by atoms with Gasteiger partial charge < -0.3 is 10.0 Å². The maximum absolute atomic E-state index is 12.4. The first kappa shape index (κ1) is 23.3. The Morgan fingerprint density at radius 1 is 1.41 bits per heavy atom. The molecule has 3 rings (SSSR count). The van der Waals surface area contributed by atoms with Gasteiger partial charge in [-0.1, -0.05) is 6.08 Å². The highest BCUT2D eigenvalue weighted by Crippen LogP contribution is 2.37. The van der Waals surface area contributed by atoms with Crippen molar-refractivity contribution in [1.29, 1.82) is 0 Å². The third-order valence-electron chi connectivity index (χ3n) is 5.15. The third-order valence-corrected chi connectivity index (χ3v) is 5.97. The lowest BCUT2D eigenvalue weighted by Gasteiger charge is -2.52. The Morgan fingerprint density at radius 2 is 2.07 bits per heavy atom. The van der Waals surface area contributed by atoms with Crippen molar-refractivity contribution in [3.05, 3.63) is 28.7 Å². The highest BCUT2D eigenvalue weighted by Gasteiger charge is 2.44. The largest absolute Gasteiger partial charge is 0.490 e. The maximum Gasteiger partial charge on any atom is 0.490 e. The van der Waals surface area contributed by atoms with E-state index in [1.807, 2.05) is 6.08 Å². The fourth-order valence-electron chi connectivity index (χ4n) is 4.00. The van der Waals surface area contributed by atoms with E-state index in [4.69, 9.17) is 9.90 Å². The number of thiazole rings is 1. The first-order valence-corrected chi connectivity index (χ1v) is 10.3. The number of nitrogens with zero attached hydrogens (tertiary/aromatic N) is 3. The molecule has 0 aliphatic carbocycles. The number of halogens is 3. The summed E-state index contributed by atoms with van der Waals surface area (Å²) in [4.78, 5) is 30.4. The zero-order chi connectivity index (χ0) is 21.7. The Hall–Kier alpha value is -1.94. The number of amides is 1. The Kier molecular flexibility index (Phi) is 7.81. The number of likely N-dealkylation sites (tertiary alicyclic amines) is 2. The first-order chi connectivity index (χ1) is 13.6. The molecule has 1 aromatic heterocycles. The number of piperidine rings is 2. The highest BCUT2D eigenvalue weighted by molar-refractivity contribution is 7.09. The molecule has 0 radical (unpaired) electrons. The van der Waals surface area contributed by atoms with E-state index in [0.29, 0.717) is 18.9 Å². The van der Waals surface area contributed by atoms with Gasteiger partial charge in [-0.25, -0.2) is 9.78 Å². The second kappa shape index (κ2) is 9.71. The molecule has 6 nitrogen and oxygen atoms in total. The predicted molar refractivity (Wildman–Crippen MR) is 104 cm³/mol. The maximum atomic E-state index is 12.4. The van der Waals surface area contributed by atoms with Crippen LogP contribution in [0.3, 0.4) is 0 Å². The average molecular weight is 433 g/mol. The number of alkyl halides is 3. The molecule has 1 N–H and O–H groups in total. The molecule has 3 heterocycles. The smallest absolute Gasteiger partial charge is 0.475 e. The molecule has 2 aliphatic heterocycles. The molecule has 1 amide bonds. The van der Waals surface area contributed by atoms with Crippen LogP contribution in [0.4, 0.5) is 13.2 Å². The van der Waals surface area contributed by atoms with Gasteiger partial charge in [0.05, 0.1) is 16.2 Å². The predicted octanol–water partition coefficient (Wildman–Crippen LogP) is 3.62. The molecule has 1 aromatic rings. The van der Waals surface area contributed by atoms with E-state index in [2.05, 4.69) is 33.7 Å². The molecule has 162 valence electrons. The van der Waals surface area contributed by atoms with Gasteiger partial charge in [0.1, 0.15) is 0 Å². The molecule has 0 saturated carbocycles. The summed E-state index contributed by atoms with van der Waals surface area (Å²) in [7, 11) is 0. The summed E-state index contributed by atoms with van der Waals surface area (Å²) in [5.74, 6) is -2.45. The van der Waals surface area contributed by atoms with E-state index in [1.54, 1.807) is 11.3 Å². The molecule has 2 saturated heterocycles. The SMILES string of the molecule is C=CCN1C(=O)CCCC12CCCN(Cc1csc(C)n1)C2.O=C(O)C(F)(F)F. The average Bonchev–Trinajstić information content (AvgIpc) is 3.03. The van der Waals surface area contributed by atoms with Crippen molar-refractivity contribution in [3.63, 3.8) is 0 Å². The summed E-state index contributed by atoms with van der Waals surface area (Å²) in [6.07, 6.45) is 1.91. The Bertz CT molecular complexity index is 734. The van der Waals surface area contributed by atoms with E-state index >= 15 is 0 Å². The fraction of sp³-hybridized carbons (Fsp3) is 0.632. The van der Waals surface area contributed by atoms with Crippen LogP contribution in [0.15, 0.2) is 18.0 Å². The molecule has 1 spiro atoms. The van der Waals surface area contributed by atoms with Crippen LogP contribution in [0.5, 0.6) is 0 Å². The number of carbonyl (C=O) groups excluding carboxylic acids is 1. The zero-order valence-corrected chi connectivity index (χ0v) is 17.2. The monoisotopic (exact) mass is 433 g/mol. The number of aryl methyl sites for hydroxylation is 1. The van der Waals surface area contributed by atoms with Gasteiger partial charge in [-0.3, -0.25) is 9.69 Å². The van der Waals surface area contributed by atoms with Crippen LogP contribution in [0.2, 0.25) is 0 Å². The molecular weight excluding hydrogens is 407 g/mol. The summed E-state index contributed by atoms with van der Waals surface area (Å²) in [5, 5.41) is 10.4. The number of rotatable bonds is 4. The minimum atomic E-state index is -5.08. The molecule has 2 fully saturated rings. The Morgan fingerprint density at radius 3 is 2.62 bits per heavy atom. The van der Waals surface area contributed by atoms with Crippen molar-refractivity contribution >= 4 is 23.2 Å². The molecule has 1 unspecified atom stereocenters. The molecule has 0 aromatic carbocycles. The van der Waals surface area contributed by atoms with Crippen molar-refractivity contribution in [3.8, 4) is 0 Å². The molecule has 2 aliphatic rings. The van der Waals surface area contributed by atoms with Gasteiger partial charge in [-0.15, -0.1) is 17.9 Å². The highest BCUT2D eigenvalue weighted by atomic mass is 32.1. The second-order valence-corrected chi connectivity index (χ2v) is 8.41. The van der Waals surface area contributed by atoms with Crippen LogP contribution in [0.1, 0.15) is 42.8 Å². The lowest BCUT2D eigenvalue weighted by Crippen LogP contribution is -2.62. The van der Waals surface area contributed by atoms with Crippen LogP contribution < -0.4 is 0 Å². The van der Waals surface area contributed by atoms with Crippen LogP contribution in [0.25, 0.3) is 0 Å². The van der Waals surface area contributed by atoms with Gasteiger partial charge >= 0.3 is 12.1 Å². The molecular formula is C19H26F3N3O3S. The summed E-state index contributed by atoms with van der Waals surface area (Å²) in [6, 6.07) is 0. The minimum absolute atomic E-state index is 0.0207. The number of aromatic nitrogens is 1. The van der Waals surface area contributed by atoms with Gasteiger partial charge in [0, 0.05) is 31.4 Å². The molecule has 1 atom stereocenters. The lowest BCUT2D eigenvalue weighted by atomic mass is 9.79. The summed E-state index contributed by atoms with van der Waals surface area (Å²) >= 11 is 1.71. The topological polar surface area (TPSA) is 73.7 Å². The Labute approximate surface area is 172 Å². The van der Waals surface area contributed by atoms with Crippen LogP contribution in [-0.4, -0.2) is 63.1 Å². The van der Waals surface area contributed by atoms with Crippen molar-refractivity contribution in [2.45, 2.75) is 57.3 Å². The number of carboxylic acid groups (broad SMARTS) is 1. The van der Waals surface area contributed by atoms with Gasteiger partial charge in [0.25, 0.3) is 0 Å². The standard InChI is InChI=1S/C17H25N3OS.C2HF3O2/c1-3-9-20-16(21)6-4-7-17(20)8-5-10-19(13-17)11-15-12-22-14(2)18-15;3-2(4,5)1(6)7/h3,12H,1,4-11,13H2,2H3;(H,6,7). The van der Waals surface area contributed by atoms with E-state index in [0.717, 1.165) is 56.0 Å². The normalized spacial score (nSPS) is 22.9. The minimum Gasteiger partial charge on any atom is -0.475 e.